The van der Waals surface area contributed by atoms with E-state index in [0.717, 1.165) is 11.1 Å². The number of fused-ring (bicyclic) bond motifs is 5. The van der Waals surface area contributed by atoms with Crippen molar-refractivity contribution in [2.24, 2.45) is 5.92 Å². The minimum atomic E-state index is -0.292. The molecule has 3 aliphatic rings. The Labute approximate surface area is 195 Å². The number of carbonyl (C=O) groups excluding carboxylic acids is 2. The molecular formula is C28H31NO4. The molecule has 5 rings (SSSR count). The van der Waals surface area contributed by atoms with Gasteiger partial charge in [-0.3, -0.25) is 9.69 Å². The molecule has 2 unspecified atom stereocenters. The van der Waals surface area contributed by atoms with Crippen LogP contribution in [0.2, 0.25) is 0 Å². The van der Waals surface area contributed by atoms with Crippen LogP contribution < -0.4 is 0 Å². The topological polar surface area (TPSA) is 55.8 Å². The van der Waals surface area contributed by atoms with Crippen LogP contribution in [0.3, 0.4) is 0 Å². The highest BCUT2D eigenvalue weighted by atomic mass is 16.6. The second-order valence-electron chi connectivity index (χ2n) is 9.71. The lowest BCUT2D eigenvalue weighted by Crippen LogP contribution is -2.60. The van der Waals surface area contributed by atoms with Crippen LogP contribution in [0.25, 0.3) is 11.1 Å². The molecule has 33 heavy (non-hydrogen) atoms. The van der Waals surface area contributed by atoms with Crippen LogP contribution in [0.5, 0.6) is 0 Å². The number of rotatable bonds is 4. The Morgan fingerprint density at radius 3 is 2.00 bits per heavy atom. The summed E-state index contributed by atoms with van der Waals surface area (Å²) >= 11 is 0. The highest BCUT2D eigenvalue weighted by Crippen LogP contribution is 2.44. The lowest BCUT2D eigenvalue weighted by Gasteiger charge is -2.47. The van der Waals surface area contributed by atoms with Gasteiger partial charge in [-0.05, 0) is 61.4 Å². The van der Waals surface area contributed by atoms with E-state index in [1.807, 2.05) is 49.9 Å². The fraction of sp³-hybridized carbons (Fsp3) is 0.429. The molecule has 2 saturated heterocycles. The lowest BCUT2D eigenvalue weighted by atomic mass is 9.80. The zero-order valence-electron chi connectivity index (χ0n) is 19.5. The summed E-state index contributed by atoms with van der Waals surface area (Å²) in [6, 6.07) is 16.5. The summed E-state index contributed by atoms with van der Waals surface area (Å²) in [5.41, 5.74) is 6.74. The molecule has 1 amide bonds. The van der Waals surface area contributed by atoms with Crippen molar-refractivity contribution in [3.63, 3.8) is 0 Å². The predicted octanol–water partition coefficient (Wildman–Crippen LogP) is 5.34. The Hall–Kier alpha value is -2.92. The van der Waals surface area contributed by atoms with E-state index in [9.17, 15) is 9.59 Å². The zero-order chi connectivity index (χ0) is 23.1. The van der Waals surface area contributed by atoms with Crippen molar-refractivity contribution in [1.82, 2.24) is 4.90 Å². The first-order valence-electron chi connectivity index (χ1n) is 11.8. The van der Waals surface area contributed by atoms with Crippen molar-refractivity contribution < 1.29 is 19.1 Å². The van der Waals surface area contributed by atoms with Gasteiger partial charge in [0.1, 0.15) is 6.61 Å². The Morgan fingerprint density at radius 2 is 1.45 bits per heavy atom. The van der Waals surface area contributed by atoms with Crippen LogP contribution in [-0.2, 0) is 14.3 Å². The molecule has 172 valence electrons. The predicted molar refractivity (Wildman–Crippen MR) is 127 cm³/mol. The molecule has 0 radical (unpaired) electrons. The van der Waals surface area contributed by atoms with Gasteiger partial charge in [0.25, 0.3) is 0 Å². The van der Waals surface area contributed by atoms with E-state index >= 15 is 0 Å². The van der Waals surface area contributed by atoms with E-state index in [1.54, 1.807) is 0 Å². The van der Waals surface area contributed by atoms with Crippen molar-refractivity contribution in [2.75, 3.05) is 19.8 Å². The third-order valence-corrected chi connectivity index (χ3v) is 7.56. The molecule has 2 fully saturated rings. The summed E-state index contributed by atoms with van der Waals surface area (Å²) in [4.78, 5) is 28.1. The first-order chi connectivity index (χ1) is 16.0. The monoisotopic (exact) mass is 445 g/mol. The van der Waals surface area contributed by atoms with E-state index in [4.69, 9.17) is 9.47 Å². The Morgan fingerprint density at radius 1 is 0.909 bits per heavy atom. The van der Waals surface area contributed by atoms with Gasteiger partial charge in [0.05, 0.1) is 25.3 Å². The quantitative estimate of drug-likeness (QED) is 0.596. The molecule has 0 aromatic heterocycles. The van der Waals surface area contributed by atoms with Gasteiger partial charge in [-0.15, -0.1) is 0 Å². The molecular weight excluding hydrogens is 414 g/mol. The number of ketones is 1. The summed E-state index contributed by atoms with van der Waals surface area (Å²) in [5, 5.41) is 0. The van der Waals surface area contributed by atoms with Crippen LogP contribution >= 0.6 is 0 Å². The van der Waals surface area contributed by atoms with E-state index in [1.165, 1.54) is 22.3 Å². The summed E-state index contributed by atoms with van der Waals surface area (Å²) in [7, 11) is 0. The summed E-state index contributed by atoms with van der Waals surface area (Å²) in [6.45, 7) is 7.08. The highest BCUT2D eigenvalue weighted by Gasteiger charge is 2.45. The largest absolute Gasteiger partial charge is 0.448 e. The molecule has 2 aliphatic heterocycles. The number of hydrogen-bond donors (Lipinski definition) is 0. The zero-order valence-corrected chi connectivity index (χ0v) is 19.5. The van der Waals surface area contributed by atoms with Crippen molar-refractivity contribution in [1.29, 1.82) is 0 Å². The maximum Gasteiger partial charge on any atom is 0.410 e. The van der Waals surface area contributed by atoms with Crippen molar-refractivity contribution >= 4 is 11.9 Å². The fourth-order valence-corrected chi connectivity index (χ4v) is 5.65. The van der Waals surface area contributed by atoms with Gasteiger partial charge in [-0.1, -0.05) is 54.1 Å². The van der Waals surface area contributed by atoms with Gasteiger partial charge in [0.15, 0.2) is 5.78 Å². The van der Waals surface area contributed by atoms with E-state index < -0.39 is 0 Å². The number of benzene rings is 2. The second-order valence-corrected chi connectivity index (χ2v) is 9.71. The van der Waals surface area contributed by atoms with Crippen LogP contribution in [0.15, 0.2) is 59.7 Å². The van der Waals surface area contributed by atoms with Crippen LogP contribution in [0, 0.1) is 5.92 Å². The number of amides is 1. The SMILES string of the molecule is CC(C)=C(C)C(=O)C1CC2COCC(C1)N2C(=O)OCC1c2ccccc2-c2ccccc21. The van der Waals surface area contributed by atoms with E-state index in [0.29, 0.717) is 32.7 Å². The van der Waals surface area contributed by atoms with Gasteiger partial charge in [0, 0.05) is 11.8 Å². The maximum absolute atomic E-state index is 13.3. The minimum Gasteiger partial charge on any atom is -0.448 e. The van der Waals surface area contributed by atoms with Gasteiger partial charge in [-0.25, -0.2) is 4.79 Å². The number of ether oxygens (including phenoxy) is 2. The molecule has 2 aromatic rings. The summed E-state index contributed by atoms with van der Waals surface area (Å²) in [6.07, 6.45) is 0.967. The number of piperidine rings is 1. The van der Waals surface area contributed by atoms with Crippen molar-refractivity contribution in [2.45, 2.75) is 51.6 Å². The normalized spacial score (nSPS) is 23.5. The number of hydrogen-bond acceptors (Lipinski definition) is 4. The molecule has 5 nitrogen and oxygen atoms in total. The maximum atomic E-state index is 13.3. The number of nitrogens with zero attached hydrogens (tertiary/aromatic N) is 1. The summed E-state index contributed by atoms with van der Waals surface area (Å²) in [5.74, 6) is 0.187. The third kappa shape index (κ3) is 3.89. The van der Waals surface area contributed by atoms with Crippen molar-refractivity contribution in [3.05, 3.63) is 70.8 Å². The molecule has 2 atom stereocenters. The van der Waals surface area contributed by atoms with Gasteiger partial charge < -0.3 is 9.47 Å². The molecule has 0 saturated carbocycles. The lowest BCUT2D eigenvalue weighted by molar-refractivity contribution is -0.127. The molecule has 5 heteroatoms. The van der Waals surface area contributed by atoms with E-state index in [2.05, 4.69) is 24.3 Å². The Balaban J connectivity index is 1.30. The Bertz CT molecular complexity index is 1060. The molecule has 2 heterocycles. The summed E-state index contributed by atoms with van der Waals surface area (Å²) < 4.78 is 11.7. The van der Waals surface area contributed by atoms with Crippen molar-refractivity contribution in [3.8, 4) is 11.1 Å². The highest BCUT2D eigenvalue weighted by molar-refractivity contribution is 5.97. The molecule has 1 aliphatic carbocycles. The van der Waals surface area contributed by atoms with Gasteiger partial charge >= 0.3 is 6.09 Å². The minimum absolute atomic E-state index is 0.0388. The molecule has 0 spiro atoms. The third-order valence-electron chi connectivity index (χ3n) is 7.56. The second kappa shape index (κ2) is 8.79. The smallest absolute Gasteiger partial charge is 0.410 e. The van der Waals surface area contributed by atoms with Crippen LogP contribution in [0.1, 0.15) is 50.7 Å². The van der Waals surface area contributed by atoms with Gasteiger partial charge in [-0.2, -0.15) is 0 Å². The van der Waals surface area contributed by atoms with Crippen LogP contribution in [0.4, 0.5) is 4.79 Å². The molecule has 0 N–H and O–H groups in total. The molecule has 2 bridgehead atoms. The fourth-order valence-electron chi connectivity index (χ4n) is 5.65. The first-order valence-corrected chi connectivity index (χ1v) is 11.8. The first kappa shape index (κ1) is 21.9. The number of carbonyl (C=O) groups is 2. The Kier molecular flexibility index (Phi) is 5.83. The van der Waals surface area contributed by atoms with Crippen LogP contribution in [-0.4, -0.2) is 48.7 Å². The number of Topliss-reactive ketones (excluding diaryl/α,β-unsaturated/α-hetero) is 1. The average Bonchev–Trinajstić information content (AvgIpc) is 3.14. The van der Waals surface area contributed by atoms with E-state index in [-0.39, 0.29) is 35.8 Å². The number of morpholine rings is 1. The molecule has 2 aromatic carbocycles. The van der Waals surface area contributed by atoms with Gasteiger partial charge in [0.2, 0.25) is 0 Å². The number of allylic oxidation sites excluding steroid dienone is 2. The standard InChI is InChI=1S/C28H31NO4/c1-17(2)18(3)27(30)19-12-20-14-32-15-21(13-19)29(20)28(31)33-16-26-24-10-6-4-8-22(24)23-9-5-7-11-25(23)26/h4-11,19-21,26H,12-16H2,1-3H3. The average molecular weight is 446 g/mol.